The molecular weight excluding hydrogens is 466 g/mol. The summed E-state index contributed by atoms with van der Waals surface area (Å²) < 4.78 is 11.4. The van der Waals surface area contributed by atoms with Crippen LogP contribution in [-0.2, 0) is 11.2 Å². The second-order valence-corrected chi connectivity index (χ2v) is 9.44. The fraction of sp³-hybridized carbons (Fsp3) is 0.345. The van der Waals surface area contributed by atoms with E-state index in [4.69, 9.17) is 14.5 Å². The molecule has 1 fully saturated rings. The van der Waals surface area contributed by atoms with Gasteiger partial charge in [-0.3, -0.25) is 14.8 Å². The van der Waals surface area contributed by atoms with Crippen molar-refractivity contribution in [1.29, 1.82) is 0 Å². The fourth-order valence-electron chi connectivity index (χ4n) is 4.64. The lowest BCUT2D eigenvalue weighted by Gasteiger charge is -2.26. The number of amides is 1. The van der Waals surface area contributed by atoms with Crippen molar-refractivity contribution in [2.75, 3.05) is 44.8 Å². The topological polar surface area (TPSA) is 92.4 Å². The molecule has 192 valence electrons. The summed E-state index contributed by atoms with van der Waals surface area (Å²) in [6, 6.07) is 15.6. The van der Waals surface area contributed by atoms with Gasteiger partial charge in [0.2, 0.25) is 0 Å². The summed E-state index contributed by atoms with van der Waals surface area (Å²) >= 11 is 0. The Morgan fingerprint density at radius 1 is 1.11 bits per heavy atom. The Morgan fingerprint density at radius 2 is 1.95 bits per heavy atom. The van der Waals surface area contributed by atoms with E-state index < -0.39 is 0 Å². The van der Waals surface area contributed by atoms with Gasteiger partial charge < -0.3 is 14.8 Å². The first-order valence-corrected chi connectivity index (χ1v) is 12.8. The van der Waals surface area contributed by atoms with Crippen LogP contribution in [0.4, 0.5) is 5.69 Å². The molecule has 0 saturated carbocycles. The van der Waals surface area contributed by atoms with Crippen molar-refractivity contribution in [2.45, 2.75) is 27.2 Å². The zero-order valence-corrected chi connectivity index (χ0v) is 21.6. The van der Waals surface area contributed by atoms with E-state index in [1.54, 1.807) is 6.07 Å². The van der Waals surface area contributed by atoms with Gasteiger partial charge >= 0.3 is 0 Å². The van der Waals surface area contributed by atoms with Gasteiger partial charge in [-0.2, -0.15) is 5.10 Å². The molecular formula is C29H33N5O3. The van der Waals surface area contributed by atoms with E-state index in [1.165, 1.54) is 0 Å². The van der Waals surface area contributed by atoms with Crippen LogP contribution < -0.4 is 10.1 Å². The van der Waals surface area contributed by atoms with E-state index in [9.17, 15) is 4.79 Å². The third-order valence-electron chi connectivity index (χ3n) is 6.70. The molecule has 3 heterocycles. The van der Waals surface area contributed by atoms with Gasteiger partial charge in [0, 0.05) is 41.8 Å². The Balaban J connectivity index is 1.29. The van der Waals surface area contributed by atoms with Crippen molar-refractivity contribution in [3.8, 4) is 17.0 Å². The molecule has 37 heavy (non-hydrogen) atoms. The lowest BCUT2D eigenvalue weighted by atomic mass is 10.0. The zero-order chi connectivity index (χ0) is 25.8. The van der Waals surface area contributed by atoms with Gasteiger partial charge in [-0.15, -0.1) is 0 Å². The second kappa shape index (κ2) is 11.1. The minimum absolute atomic E-state index is 0.180. The average molecular weight is 500 g/mol. The number of rotatable bonds is 8. The molecule has 4 aromatic rings. The summed E-state index contributed by atoms with van der Waals surface area (Å²) in [5.41, 5.74) is 6.89. The zero-order valence-electron chi connectivity index (χ0n) is 21.6. The number of carbonyl (C=O) groups is 1. The molecule has 1 saturated heterocycles. The number of aromatic amines is 1. The molecule has 1 aliphatic heterocycles. The smallest absolute Gasteiger partial charge is 0.255 e. The van der Waals surface area contributed by atoms with Crippen LogP contribution in [0.1, 0.15) is 34.1 Å². The van der Waals surface area contributed by atoms with Gasteiger partial charge in [0.15, 0.2) is 5.65 Å². The second-order valence-electron chi connectivity index (χ2n) is 9.44. The van der Waals surface area contributed by atoms with Gasteiger partial charge in [0.1, 0.15) is 12.4 Å². The van der Waals surface area contributed by atoms with Crippen molar-refractivity contribution < 1.29 is 14.3 Å². The summed E-state index contributed by atoms with van der Waals surface area (Å²) in [6.07, 6.45) is 0.848. The molecule has 2 aromatic heterocycles. The molecule has 8 nitrogen and oxygen atoms in total. The number of hydrogen-bond donors (Lipinski definition) is 2. The van der Waals surface area contributed by atoms with E-state index in [0.717, 1.165) is 78.4 Å². The molecule has 2 N–H and O–H groups in total. The van der Waals surface area contributed by atoms with E-state index in [0.29, 0.717) is 23.6 Å². The third kappa shape index (κ3) is 5.81. The first kappa shape index (κ1) is 24.9. The quantitative estimate of drug-likeness (QED) is 0.363. The summed E-state index contributed by atoms with van der Waals surface area (Å²) in [5, 5.41) is 11.5. The lowest BCUT2D eigenvalue weighted by Crippen LogP contribution is -2.38. The van der Waals surface area contributed by atoms with Crippen LogP contribution >= 0.6 is 0 Å². The maximum absolute atomic E-state index is 13.2. The Labute approximate surface area is 217 Å². The summed E-state index contributed by atoms with van der Waals surface area (Å²) in [6.45, 7) is 10.9. The highest BCUT2D eigenvalue weighted by molar-refractivity contribution is 6.05. The summed E-state index contributed by atoms with van der Waals surface area (Å²) in [7, 11) is 0. The maximum atomic E-state index is 13.2. The minimum Gasteiger partial charge on any atom is -0.492 e. The van der Waals surface area contributed by atoms with Crippen molar-refractivity contribution in [2.24, 2.45) is 0 Å². The monoisotopic (exact) mass is 499 g/mol. The van der Waals surface area contributed by atoms with Crippen LogP contribution in [0.5, 0.6) is 5.75 Å². The number of ether oxygens (including phenoxy) is 2. The number of aromatic nitrogens is 3. The van der Waals surface area contributed by atoms with Crippen LogP contribution in [0.2, 0.25) is 0 Å². The average Bonchev–Trinajstić information content (AvgIpc) is 3.32. The molecule has 8 heteroatoms. The van der Waals surface area contributed by atoms with Gasteiger partial charge in [0.25, 0.3) is 5.91 Å². The molecule has 0 radical (unpaired) electrons. The Hall–Kier alpha value is -3.75. The lowest BCUT2D eigenvalue weighted by molar-refractivity contribution is 0.0322. The first-order chi connectivity index (χ1) is 18.0. The number of aryl methyl sites for hydroxylation is 3. The molecule has 5 rings (SSSR count). The highest BCUT2D eigenvalue weighted by atomic mass is 16.5. The number of fused-ring (bicyclic) bond motifs is 1. The Bertz CT molecular complexity index is 1410. The van der Waals surface area contributed by atoms with E-state index in [-0.39, 0.29) is 5.91 Å². The summed E-state index contributed by atoms with van der Waals surface area (Å²) in [5.74, 6) is 0.521. The first-order valence-electron chi connectivity index (χ1n) is 12.8. The van der Waals surface area contributed by atoms with Crippen molar-refractivity contribution in [3.05, 3.63) is 70.9 Å². The molecule has 0 atom stereocenters. The number of H-pyrrole nitrogens is 1. The summed E-state index contributed by atoms with van der Waals surface area (Å²) in [4.78, 5) is 20.3. The largest absolute Gasteiger partial charge is 0.492 e. The van der Waals surface area contributed by atoms with Crippen molar-refractivity contribution in [3.63, 3.8) is 0 Å². The van der Waals surface area contributed by atoms with Crippen LogP contribution in [0.3, 0.4) is 0 Å². The van der Waals surface area contributed by atoms with E-state index in [1.807, 2.05) is 50.2 Å². The van der Waals surface area contributed by atoms with Crippen LogP contribution in [-0.4, -0.2) is 65.4 Å². The number of carbonyl (C=O) groups excluding carboxylic acids is 1. The predicted molar refractivity (Wildman–Crippen MR) is 145 cm³/mol. The SMILES string of the molecule is CCc1n[nH]c2nc(-c3cc(NC(=O)c4cc(C)cc(OCCN5CCOCC5)c4)ccc3C)ccc12. The number of nitrogens with zero attached hydrogens (tertiary/aromatic N) is 3. The molecule has 0 aliphatic carbocycles. The number of anilines is 1. The highest BCUT2D eigenvalue weighted by Crippen LogP contribution is 2.28. The molecule has 2 aromatic carbocycles. The van der Waals surface area contributed by atoms with Gasteiger partial charge in [0.05, 0.1) is 24.6 Å². The number of hydrogen-bond acceptors (Lipinski definition) is 6. The minimum atomic E-state index is -0.180. The van der Waals surface area contributed by atoms with E-state index >= 15 is 0 Å². The van der Waals surface area contributed by atoms with Crippen LogP contribution in [0.15, 0.2) is 48.5 Å². The molecule has 0 bridgehead atoms. The maximum Gasteiger partial charge on any atom is 0.255 e. The van der Waals surface area contributed by atoms with E-state index in [2.05, 4.69) is 33.4 Å². The standard InChI is InChI=1S/C29H33N5O3/c1-4-26-24-7-8-27(31-28(24)33-32-26)25-18-22(6-5-20(25)3)30-29(35)21-15-19(2)16-23(17-21)37-14-11-34-9-12-36-13-10-34/h5-8,15-18H,4,9-14H2,1-3H3,(H,30,35)(H,31,32,33). The fourth-order valence-corrected chi connectivity index (χ4v) is 4.64. The van der Waals surface area contributed by atoms with Crippen molar-refractivity contribution >= 4 is 22.6 Å². The molecule has 1 amide bonds. The normalized spacial score (nSPS) is 14.1. The number of benzene rings is 2. The number of morpholine rings is 1. The van der Waals surface area contributed by atoms with Crippen LogP contribution in [0, 0.1) is 13.8 Å². The van der Waals surface area contributed by atoms with Gasteiger partial charge in [-0.05, 0) is 73.9 Å². The van der Waals surface area contributed by atoms with Gasteiger partial charge in [-0.1, -0.05) is 13.0 Å². The molecule has 1 aliphatic rings. The predicted octanol–water partition coefficient (Wildman–Crippen LogP) is 4.77. The number of pyridine rings is 1. The van der Waals surface area contributed by atoms with Crippen LogP contribution in [0.25, 0.3) is 22.3 Å². The Morgan fingerprint density at radius 3 is 2.76 bits per heavy atom. The molecule has 0 unspecified atom stereocenters. The van der Waals surface area contributed by atoms with Gasteiger partial charge in [-0.25, -0.2) is 4.98 Å². The highest BCUT2D eigenvalue weighted by Gasteiger charge is 2.14. The molecule has 0 spiro atoms. The number of nitrogens with one attached hydrogen (secondary N) is 2. The van der Waals surface area contributed by atoms with Crippen molar-refractivity contribution in [1.82, 2.24) is 20.1 Å². The third-order valence-corrected chi connectivity index (χ3v) is 6.70. The Kier molecular flexibility index (Phi) is 7.48.